The van der Waals surface area contributed by atoms with Crippen molar-refractivity contribution in [1.82, 2.24) is 0 Å². The molecule has 0 heterocycles. The maximum absolute atomic E-state index is 11.9. The van der Waals surface area contributed by atoms with Crippen molar-refractivity contribution in [3.63, 3.8) is 0 Å². The van der Waals surface area contributed by atoms with Gasteiger partial charge in [0.2, 0.25) is 5.91 Å². The predicted octanol–water partition coefficient (Wildman–Crippen LogP) is 3.11. The first-order valence-corrected chi connectivity index (χ1v) is 6.86. The molecule has 2 aromatic carbocycles. The first-order chi connectivity index (χ1) is 11.1. The molecule has 1 amide bonds. The summed E-state index contributed by atoms with van der Waals surface area (Å²) in [4.78, 5) is 23.2. The molecule has 4 nitrogen and oxygen atoms in total. The first-order valence-electron chi connectivity index (χ1n) is 6.86. The summed E-state index contributed by atoms with van der Waals surface area (Å²) in [5.41, 5.74) is 2.59. The van der Waals surface area contributed by atoms with E-state index >= 15 is 0 Å². The summed E-state index contributed by atoms with van der Waals surface area (Å²) in [6.45, 7) is 0. The Labute approximate surface area is 134 Å². The summed E-state index contributed by atoms with van der Waals surface area (Å²) < 4.78 is 4.62. The molecule has 1 N–H and O–H groups in total. The van der Waals surface area contributed by atoms with Crippen LogP contribution in [-0.4, -0.2) is 19.0 Å². The fraction of sp³-hybridized carbons (Fsp3) is 0.0526. The van der Waals surface area contributed by atoms with Gasteiger partial charge in [0, 0.05) is 17.3 Å². The van der Waals surface area contributed by atoms with Crippen LogP contribution in [0.1, 0.15) is 21.5 Å². The van der Waals surface area contributed by atoms with Crippen molar-refractivity contribution in [2.75, 3.05) is 12.4 Å². The Morgan fingerprint density at radius 1 is 1.17 bits per heavy atom. The summed E-state index contributed by atoms with van der Waals surface area (Å²) in [5.74, 6) is 1.85. The highest BCUT2D eigenvalue weighted by molar-refractivity contribution is 6.02. The minimum Gasteiger partial charge on any atom is -0.465 e. The number of hydrogen-bond acceptors (Lipinski definition) is 3. The lowest BCUT2D eigenvalue weighted by Gasteiger charge is -2.02. The van der Waals surface area contributed by atoms with Gasteiger partial charge in [-0.2, -0.15) is 0 Å². The standard InChI is InChI=1S/C19H15NO3/c1-3-14-5-4-6-17(13-14)20-18(21)12-9-15-7-10-16(11-8-15)19(22)23-2/h1,4-13H,2H3,(H,20,21). The number of hydrogen-bond donors (Lipinski definition) is 1. The van der Waals surface area contributed by atoms with Gasteiger partial charge in [-0.3, -0.25) is 4.79 Å². The Morgan fingerprint density at radius 3 is 2.57 bits per heavy atom. The third-order valence-electron chi connectivity index (χ3n) is 3.06. The number of carbonyl (C=O) groups excluding carboxylic acids is 2. The molecule has 0 bridgehead atoms. The molecule has 0 aliphatic rings. The Balaban J connectivity index is 2.00. The van der Waals surface area contributed by atoms with Crippen LogP contribution in [0.15, 0.2) is 54.6 Å². The van der Waals surface area contributed by atoms with E-state index in [-0.39, 0.29) is 5.91 Å². The quantitative estimate of drug-likeness (QED) is 0.536. The number of esters is 1. The van der Waals surface area contributed by atoms with Crippen LogP contribution >= 0.6 is 0 Å². The molecule has 0 aromatic heterocycles. The van der Waals surface area contributed by atoms with E-state index in [0.717, 1.165) is 5.56 Å². The van der Waals surface area contributed by atoms with Crippen molar-refractivity contribution >= 4 is 23.6 Å². The number of nitrogens with one attached hydrogen (secondary N) is 1. The minimum atomic E-state index is -0.397. The van der Waals surface area contributed by atoms with Gasteiger partial charge in [-0.25, -0.2) is 4.79 Å². The fourth-order valence-corrected chi connectivity index (χ4v) is 1.89. The van der Waals surface area contributed by atoms with Crippen molar-refractivity contribution in [2.45, 2.75) is 0 Å². The number of carbonyl (C=O) groups is 2. The summed E-state index contributed by atoms with van der Waals surface area (Å²) in [7, 11) is 1.33. The van der Waals surface area contributed by atoms with Gasteiger partial charge in [0.05, 0.1) is 12.7 Å². The zero-order valence-electron chi connectivity index (χ0n) is 12.6. The third-order valence-corrected chi connectivity index (χ3v) is 3.06. The molecule has 0 aliphatic heterocycles. The van der Waals surface area contributed by atoms with Crippen LogP contribution in [0.25, 0.3) is 6.08 Å². The van der Waals surface area contributed by atoms with Crippen molar-refractivity contribution in [3.05, 3.63) is 71.3 Å². The van der Waals surface area contributed by atoms with E-state index in [9.17, 15) is 9.59 Å². The number of terminal acetylenes is 1. The van der Waals surface area contributed by atoms with Crippen LogP contribution in [-0.2, 0) is 9.53 Å². The third kappa shape index (κ3) is 4.58. The molecular formula is C19H15NO3. The van der Waals surface area contributed by atoms with E-state index < -0.39 is 5.97 Å². The molecule has 0 atom stereocenters. The summed E-state index contributed by atoms with van der Waals surface area (Å²) in [6, 6.07) is 13.8. The molecule has 2 rings (SSSR count). The molecule has 0 fully saturated rings. The molecule has 0 saturated heterocycles. The second-order valence-electron chi connectivity index (χ2n) is 4.66. The number of benzene rings is 2. The number of amides is 1. The minimum absolute atomic E-state index is 0.267. The van der Waals surface area contributed by atoms with Crippen molar-refractivity contribution in [3.8, 4) is 12.3 Å². The van der Waals surface area contributed by atoms with E-state index in [4.69, 9.17) is 6.42 Å². The number of ether oxygens (including phenoxy) is 1. The average Bonchev–Trinajstić information content (AvgIpc) is 2.60. The van der Waals surface area contributed by atoms with Crippen molar-refractivity contribution < 1.29 is 14.3 Å². The number of methoxy groups -OCH3 is 1. The van der Waals surface area contributed by atoms with Crippen molar-refractivity contribution in [1.29, 1.82) is 0 Å². The molecule has 0 aliphatic carbocycles. The number of anilines is 1. The van der Waals surface area contributed by atoms with Gasteiger partial charge in [-0.15, -0.1) is 6.42 Å². The van der Waals surface area contributed by atoms with E-state index in [2.05, 4.69) is 16.0 Å². The predicted molar refractivity (Wildman–Crippen MR) is 89.8 cm³/mol. The summed E-state index contributed by atoms with van der Waals surface area (Å²) in [5, 5.41) is 2.73. The molecule has 114 valence electrons. The van der Waals surface area contributed by atoms with E-state index in [0.29, 0.717) is 16.8 Å². The van der Waals surface area contributed by atoms with E-state index in [1.54, 1.807) is 54.6 Å². The van der Waals surface area contributed by atoms with Gasteiger partial charge in [0.15, 0.2) is 0 Å². The van der Waals surface area contributed by atoms with Gasteiger partial charge in [0.1, 0.15) is 0 Å². The topological polar surface area (TPSA) is 55.4 Å². The molecule has 0 spiro atoms. The highest BCUT2D eigenvalue weighted by Gasteiger charge is 2.03. The highest BCUT2D eigenvalue weighted by atomic mass is 16.5. The maximum Gasteiger partial charge on any atom is 0.337 e. The Hall–Kier alpha value is -3.32. The second-order valence-corrected chi connectivity index (χ2v) is 4.66. The van der Waals surface area contributed by atoms with Gasteiger partial charge < -0.3 is 10.1 Å². The molecule has 4 heteroatoms. The van der Waals surface area contributed by atoms with Gasteiger partial charge in [0.25, 0.3) is 0 Å². The monoisotopic (exact) mass is 305 g/mol. The normalized spacial score (nSPS) is 10.1. The highest BCUT2D eigenvalue weighted by Crippen LogP contribution is 2.11. The van der Waals surface area contributed by atoms with Crippen LogP contribution in [0.4, 0.5) is 5.69 Å². The van der Waals surface area contributed by atoms with Crippen LogP contribution in [0.3, 0.4) is 0 Å². The average molecular weight is 305 g/mol. The number of rotatable bonds is 4. The lowest BCUT2D eigenvalue weighted by Crippen LogP contribution is -2.07. The molecule has 0 saturated carbocycles. The van der Waals surface area contributed by atoms with E-state index in [1.807, 2.05) is 0 Å². The second kappa shape index (κ2) is 7.62. The van der Waals surface area contributed by atoms with Gasteiger partial charge in [-0.05, 0) is 42.0 Å². The van der Waals surface area contributed by atoms with Crippen LogP contribution in [0, 0.1) is 12.3 Å². The summed E-state index contributed by atoms with van der Waals surface area (Å²) in [6.07, 6.45) is 8.38. The van der Waals surface area contributed by atoms with Crippen LogP contribution in [0.2, 0.25) is 0 Å². The first kappa shape index (κ1) is 16.1. The summed E-state index contributed by atoms with van der Waals surface area (Å²) >= 11 is 0. The van der Waals surface area contributed by atoms with Crippen molar-refractivity contribution in [2.24, 2.45) is 0 Å². The largest absolute Gasteiger partial charge is 0.465 e. The van der Waals surface area contributed by atoms with Gasteiger partial charge >= 0.3 is 5.97 Å². The Kier molecular flexibility index (Phi) is 5.32. The Bertz CT molecular complexity index is 783. The SMILES string of the molecule is C#Cc1cccc(NC(=O)C=Cc2ccc(C(=O)OC)cc2)c1. The van der Waals surface area contributed by atoms with Crippen LogP contribution < -0.4 is 5.32 Å². The molecule has 2 aromatic rings. The fourth-order valence-electron chi connectivity index (χ4n) is 1.89. The molecule has 0 unspecified atom stereocenters. The molecule has 0 radical (unpaired) electrons. The lowest BCUT2D eigenvalue weighted by molar-refractivity contribution is -0.111. The maximum atomic E-state index is 11.9. The Morgan fingerprint density at radius 2 is 1.91 bits per heavy atom. The van der Waals surface area contributed by atoms with Gasteiger partial charge in [-0.1, -0.05) is 24.1 Å². The lowest BCUT2D eigenvalue weighted by atomic mass is 10.1. The van der Waals surface area contributed by atoms with E-state index in [1.165, 1.54) is 13.2 Å². The zero-order valence-corrected chi connectivity index (χ0v) is 12.6. The molecular weight excluding hydrogens is 290 g/mol. The zero-order chi connectivity index (χ0) is 16.7. The van der Waals surface area contributed by atoms with Crippen LogP contribution in [0.5, 0.6) is 0 Å². The smallest absolute Gasteiger partial charge is 0.337 e. The molecule has 23 heavy (non-hydrogen) atoms.